The number of unbranched alkanes of at least 4 members (excludes halogenated alkanes) is 1. The second kappa shape index (κ2) is 13.2. The Kier molecular flexibility index (Phi) is 9.51. The maximum Gasteiger partial charge on any atom is 0.298 e. The summed E-state index contributed by atoms with van der Waals surface area (Å²) in [5.41, 5.74) is 5.29. The molecule has 0 aliphatic rings. The molecule has 4 rings (SSSR count). The van der Waals surface area contributed by atoms with Gasteiger partial charge in [-0.3, -0.25) is 14.3 Å². The van der Waals surface area contributed by atoms with Gasteiger partial charge in [0.1, 0.15) is 5.69 Å². The zero-order valence-corrected chi connectivity index (χ0v) is 24.4. The first-order valence-electron chi connectivity index (χ1n) is 13.7. The first-order chi connectivity index (χ1) is 19.8. The topological polar surface area (TPSA) is 113 Å². The van der Waals surface area contributed by atoms with Gasteiger partial charge in [0.25, 0.3) is 5.91 Å². The van der Waals surface area contributed by atoms with Gasteiger partial charge in [0, 0.05) is 52.0 Å². The molecule has 2 aromatic carbocycles. The molecule has 216 valence electrons. The molecule has 4 aromatic rings. The van der Waals surface area contributed by atoms with Crippen LogP contribution >= 0.6 is 0 Å². The third-order valence-electron chi connectivity index (χ3n) is 6.97. The standard InChI is InChI=1S/C30H38N8O3/c1-6-38-27(19-22(2)33-38)28(41)32-30(34(3)4)36(24-14-8-7-13-23(24)20-39)17-11-12-18-37-26-16-10-9-15-25(26)35(5)29(37)31-21-40/h7-10,13-16,19,21,39H,6,11-12,17-18,20H2,1-5H3. The molecule has 0 aliphatic carbocycles. The maximum atomic E-state index is 13.4. The minimum atomic E-state index is -0.381. The normalized spacial score (nSPS) is 12.2. The average molecular weight is 559 g/mol. The van der Waals surface area contributed by atoms with Crippen molar-refractivity contribution in [2.75, 3.05) is 25.5 Å². The fourth-order valence-electron chi connectivity index (χ4n) is 5.08. The molecule has 0 fully saturated rings. The van der Waals surface area contributed by atoms with Crippen LogP contribution in [-0.4, -0.2) is 67.8 Å². The van der Waals surface area contributed by atoms with E-state index in [1.54, 1.807) is 10.7 Å². The highest BCUT2D eigenvalue weighted by atomic mass is 16.3. The highest BCUT2D eigenvalue weighted by Crippen LogP contribution is 2.23. The van der Waals surface area contributed by atoms with E-state index in [0.29, 0.717) is 43.3 Å². The smallest absolute Gasteiger partial charge is 0.298 e. The van der Waals surface area contributed by atoms with E-state index >= 15 is 0 Å². The van der Waals surface area contributed by atoms with E-state index < -0.39 is 0 Å². The maximum absolute atomic E-state index is 13.4. The Balaban J connectivity index is 1.65. The lowest BCUT2D eigenvalue weighted by Crippen LogP contribution is -2.42. The van der Waals surface area contributed by atoms with Gasteiger partial charge in [0.15, 0.2) is 0 Å². The number of imidazole rings is 1. The molecule has 0 atom stereocenters. The number of aromatic nitrogens is 4. The van der Waals surface area contributed by atoms with Crippen molar-refractivity contribution in [3.8, 4) is 0 Å². The lowest BCUT2D eigenvalue weighted by atomic mass is 10.1. The van der Waals surface area contributed by atoms with Crippen LogP contribution in [0.3, 0.4) is 0 Å². The number of hydrogen-bond acceptors (Lipinski definition) is 4. The van der Waals surface area contributed by atoms with Crippen LogP contribution in [0.2, 0.25) is 0 Å². The van der Waals surface area contributed by atoms with Crippen LogP contribution in [0.25, 0.3) is 11.0 Å². The van der Waals surface area contributed by atoms with Gasteiger partial charge >= 0.3 is 0 Å². The Morgan fingerprint density at radius 2 is 1.78 bits per heavy atom. The number of nitrogens with zero attached hydrogens (tertiary/aromatic N) is 8. The largest absolute Gasteiger partial charge is 0.392 e. The SMILES string of the molecule is CCn1nc(C)cc1C(=O)N=C(N(C)C)N(CCCCn1c(=NC=O)n(C)c2ccccc21)c1ccccc1CO. The zero-order chi connectivity index (χ0) is 29.5. The number of amides is 2. The van der Waals surface area contributed by atoms with Crippen LogP contribution in [0.4, 0.5) is 5.69 Å². The van der Waals surface area contributed by atoms with E-state index in [9.17, 15) is 14.7 Å². The third-order valence-corrected chi connectivity index (χ3v) is 6.97. The monoisotopic (exact) mass is 558 g/mol. The van der Waals surface area contributed by atoms with Crippen molar-refractivity contribution in [1.82, 2.24) is 23.8 Å². The Morgan fingerprint density at radius 1 is 1.07 bits per heavy atom. The Labute approximate surface area is 239 Å². The molecule has 0 aliphatic heterocycles. The summed E-state index contributed by atoms with van der Waals surface area (Å²) in [5.74, 6) is 0.0842. The van der Waals surface area contributed by atoms with E-state index in [-0.39, 0.29) is 12.5 Å². The molecule has 11 heteroatoms. The molecule has 0 unspecified atom stereocenters. The number of fused-ring (bicyclic) bond motifs is 1. The van der Waals surface area contributed by atoms with Crippen LogP contribution in [0.5, 0.6) is 0 Å². The summed E-state index contributed by atoms with van der Waals surface area (Å²) in [7, 11) is 5.60. The summed E-state index contributed by atoms with van der Waals surface area (Å²) in [6.07, 6.45) is 2.08. The van der Waals surface area contributed by atoms with E-state index in [2.05, 4.69) is 19.7 Å². The number of aliphatic imine (C=N–C) groups is 1. The first kappa shape index (κ1) is 29.5. The Morgan fingerprint density at radius 3 is 2.46 bits per heavy atom. The van der Waals surface area contributed by atoms with Crippen molar-refractivity contribution >= 4 is 35.0 Å². The number of anilines is 1. The number of carbonyl (C=O) groups excluding carboxylic acids is 2. The predicted molar refractivity (Wildman–Crippen MR) is 160 cm³/mol. The van der Waals surface area contributed by atoms with Crippen molar-refractivity contribution in [3.63, 3.8) is 0 Å². The van der Waals surface area contributed by atoms with Crippen molar-refractivity contribution in [1.29, 1.82) is 0 Å². The van der Waals surface area contributed by atoms with Crippen molar-refractivity contribution in [3.05, 3.63) is 77.2 Å². The minimum absolute atomic E-state index is 0.147. The summed E-state index contributed by atoms with van der Waals surface area (Å²) >= 11 is 0. The van der Waals surface area contributed by atoms with Crippen LogP contribution in [-0.2, 0) is 31.5 Å². The number of aliphatic hydroxyl groups is 1. The minimum Gasteiger partial charge on any atom is -0.392 e. The summed E-state index contributed by atoms with van der Waals surface area (Å²) < 4.78 is 5.62. The highest BCUT2D eigenvalue weighted by Gasteiger charge is 2.22. The molecule has 0 saturated carbocycles. The van der Waals surface area contributed by atoms with Gasteiger partial charge in [-0.25, -0.2) is 0 Å². The van der Waals surface area contributed by atoms with Gasteiger partial charge < -0.3 is 24.0 Å². The summed E-state index contributed by atoms with van der Waals surface area (Å²) in [6.45, 7) is 5.38. The molecule has 0 radical (unpaired) electrons. The summed E-state index contributed by atoms with van der Waals surface area (Å²) in [4.78, 5) is 37.1. The quantitative estimate of drug-likeness (QED) is 0.139. The van der Waals surface area contributed by atoms with E-state index in [1.807, 2.05) is 97.9 Å². The molecule has 1 N–H and O–H groups in total. The number of benzene rings is 2. The molecule has 41 heavy (non-hydrogen) atoms. The van der Waals surface area contributed by atoms with Crippen molar-refractivity contribution in [2.24, 2.45) is 17.0 Å². The van der Waals surface area contributed by atoms with Gasteiger partial charge in [0.05, 0.1) is 23.3 Å². The lowest BCUT2D eigenvalue weighted by molar-refractivity contribution is -0.107. The van der Waals surface area contributed by atoms with Crippen LogP contribution in [0.15, 0.2) is 64.6 Å². The third kappa shape index (κ3) is 6.30. The Hall–Kier alpha value is -4.51. The fourth-order valence-corrected chi connectivity index (χ4v) is 5.08. The summed E-state index contributed by atoms with van der Waals surface area (Å²) in [6, 6.07) is 17.3. The molecule has 2 aromatic heterocycles. The number of carbonyl (C=O) groups is 2. The van der Waals surface area contributed by atoms with Gasteiger partial charge in [-0.2, -0.15) is 15.1 Å². The van der Waals surface area contributed by atoms with Crippen molar-refractivity contribution < 1.29 is 14.7 Å². The van der Waals surface area contributed by atoms with Crippen LogP contribution in [0.1, 0.15) is 41.5 Å². The molecule has 0 spiro atoms. The molecule has 0 bridgehead atoms. The highest BCUT2D eigenvalue weighted by molar-refractivity contribution is 6.07. The summed E-state index contributed by atoms with van der Waals surface area (Å²) in [5, 5.41) is 14.5. The van der Waals surface area contributed by atoms with Gasteiger partial charge in [0.2, 0.25) is 18.0 Å². The first-order valence-corrected chi connectivity index (χ1v) is 13.7. The Bertz CT molecular complexity index is 1630. The van der Waals surface area contributed by atoms with Crippen molar-refractivity contribution in [2.45, 2.75) is 46.4 Å². The van der Waals surface area contributed by atoms with E-state index in [4.69, 9.17) is 0 Å². The van der Waals surface area contributed by atoms with Crippen LogP contribution in [0, 0.1) is 6.92 Å². The molecular weight excluding hydrogens is 520 g/mol. The molecule has 2 heterocycles. The molecule has 11 nitrogen and oxygen atoms in total. The number of rotatable bonds is 10. The zero-order valence-electron chi connectivity index (χ0n) is 24.4. The van der Waals surface area contributed by atoms with Gasteiger partial charge in [-0.15, -0.1) is 0 Å². The van der Waals surface area contributed by atoms with Crippen LogP contribution < -0.4 is 10.5 Å². The number of aryl methyl sites for hydroxylation is 4. The fraction of sp³-hybridized carbons (Fsp3) is 0.367. The van der Waals surface area contributed by atoms with E-state index in [0.717, 1.165) is 40.8 Å². The molecule has 2 amide bonds. The van der Waals surface area contributed by atoms with Gasteiger partial charge in [-0.05, 0) is 51.0 Å². The lowest BCUT2D eigenvalue weighted by Gasteiger charge is -2.31. The molecular formula is C30H38N8O3. The number of guanidine groups is 1. The average Bonchev–Trinajstić information content (AvgIpc) is 3.49. The number of hydrogen-bond donors (Lipinski definition) is 1. The predicted octanol–water partition coefficient (Wildman–Crippen LogP) is 3.10. The molecule has 0 saturated heterocycles. The second-order valence-corrected chi connectivity index (χ2v) is 9.98. The second-order valence-electron chi connectivity index (χ2n) is 9.98. The number of aliphatic hydroxyl groups excluding tert-OH is 1. The van der Waals surface area contributed by atoms with Gasteiger partial charge in [-0.1, -0.05) is 30.3 Å². The number of para-hydroxylation sites is 3. The van der Waals surface area contributed by atoms with E-state index in [1.165, 1.54) is 0 Å².